The van der Waals surface area contributed by atoms with E-state index in [1.54, 1.807) is 0 Å². The van der Waals surface area contributed by atoms with Gasteiger partial charge in [-0.2, -0.15) is 4.98 Å². The van der Waals surface area contributed by atoms with Crippen molar-refractivity contribution in [2.45, 2.75) is 51.2 Å². The molecule has 0 unspecified atom stereocenters. The molecule has 1 aromatic rings. The largest absolute Gasteiger partial charge is 0.391 e. The second kappa shape index (κ2) is 5.28. The molecule has 0 amide bonds. The van der Waals surface area contributed by atoms with Gasteiger partial charge < -0.3 is 9.36 Å². The van der Waals surface area contributed by atoms with E-state index in [2.05, 4.69) is 27.1 Å². The molecule has 104 valence electrons. The second-order valence-corrected chi connectivity index (χ2v) is 5.46. The van der Waals surface area contributed by atoms with Crippen molar-refractivity contribution in [3.05, 3.63) is 11.7 Å². The molecule has 0 saturated heterocycles. The lowest BCUT2D eigenvalue weighted by atomic mass is 10.1. The average molecular weight is 264 g/mol. The van der Waals surface area contributed by atoms with Gasteiger partial charge in [-0.15, -0.1) is 0 Å². The molecule has 3 rings (SSSR count). The highest BCUT2D eigenvalue weighted by Crippen LogP contribution is 2.38. The summed E-state index contributed by atoms with van der Waals surface area (Å²) in [5.41, 5.74) is 1.15. The summed E-state index contributed by atoms with van der Waals surface area (Å²) < 4.78 is 5.27. The van der Waals surface area contributed by atoms with E-state index in [0.29, 0.717) is 18.4 Å². The lowest BCUT2D eigenvalue weighted by Crippen LogP contribution is -2.29. The fraction of sp³-hybridized carbons (Fsp3) is 0.769. The Balaban J connectivity index is 1.46. The quantitative estimate of drug-likeness (QED) is 0.785. The molecule has 0 aromatic carbocycles. The first-order chi connectivity index (χ1) is 9.24. The van der Waals surface area contributed by atoms with E-state index in [4.69, 9.17) is 9.36 Å². The van der Waals surface area contributed by atoms with Crippen LogP contribution in [0, 0.1) is 0 Å². The van der Waals surface area contributed by atoms with E-state index < -0.39 is 0 Å². The van der Waals surface area contributed by atoms with E-state index in [1.807, 2.05) is 7.05 Å². The first kappa shape index (κ1) is 12.6. The standard InChI is InChI=1S/C13H20N4O2/c1-3-10-6-11(18-15-10)7-17(2)8-12-14-13(16-19-12)9-4-5-9/h9,11H,3-8H2,1-2H3/t11-/m1/s1. The zero-order valence-electron chi connectivity index (χ0n) is 11.5. The number of nitrogens with zero attached hydrogens (tertiary/aromatic N) is 4. The minimum absolute atomic E-state index is 0.158. The maximum Gasteiger partial charge on any atom is 0.240 e. The molecule has 19 heavy (non-hydrogen) atoms. The van der Waals surface area contributed by atoms with Gasteiger partial charge in [0.25, 0.3) is 0 Å². The van der Waals surface area contributed by atoms with Crippen LogP contribution in [-0.4, -0.2) is 40.4 Å². The first-order valence-electron chi connectivity index (χ1n) is 6.97. The van der Waals surface area contributed by atoms with Crippen molar-refractivity contribution in [2.75, 3.05) is 13.6 Å². The van der Waals surface area contributed by atoms with Gasteiger partial charge in [-0.3, -0.25) is 4.90 Å². The van der Waals surface area contributed by atoms with Gasteiger partial charge in [-0.1, -0.05) is 17.2 Å². The summed E-state index contributed by atoms with van der Waals surface area (Å²) in [5.74, 6) is 2.11. The average Bonchev–Trinajstić information content (AvgIpc) is 2.98. The predicted molar refractivity (Wildman–Crippen MR) is 69.8 cm³/mol. The van der Waals surface area contributed by atoms with Crippen LogP contribution >= 0.6 is 0 Å². The number of hydrogen-bond donors (Lipinski definition) is 0. The minimum Gasteiger partial charge on any atom is -0.391 e. The van der Waals surface area contributed by atoms with Crippen molar-refractivity contribution in [3.8, 4) is 0 Å². The molecular formula is C13H20N4O2. The summed E-state index contributed by atoms with van der Waals surface area (Å²) in [5, 5.41) is 8.09. The van der Waals surface area contributed by atoms with E-state index in [1.165, 1.54) is 12.8 Å². The number of rotatable bonds is 6. The minimum atomic E-state index is 0.158. The fourth-order valence-corrected chi connectivity index (χ4v) is 2.28. The molecule has 0 spiro atoms. The molecule has 0 N–H and O–H groups in total. The van der Waals surface area contributed by atoms with Crippen LogP contribution in [0.1, 0.15) is 50.2 Å². The molecule has 2 aliphatic rings. The van der Waals surface area contributed by atoms with Crippen LogP contribution in [0.2, 0.25) is 0 Å². The Morgan fingerprint density at radius 3 is 2.89 bits per heavy atom. The first-order valence-corrected chi connectivity index (χ1v) is 6.97. The highest BCUT2D eigenvalue weighted by molar-refractivity contribution is 5.85. The number of hydrogen-bond acceptors (Lipinski definition) is 6. The van der Waals surface area contributed by atoms with Crippen molar-refractivity contribution in [1.82, 2.24) is 15.0 Å². The van der Waals surface area contributed by atoms with Crippen LogP contribution < -0.4 is 0 Å². The SMILES string of the molecule is CCC1=NO[C@@H](CN(C)Cc2nc(C3CC3)no2)C1. The summed E-state index contributed by atoms with van der Waals surface area (Å²) in [4.78, 5) is 12.0. The maximum absolute atomic E-state index is 5.40. The van der Waals surface area contributed by atoms with Gasteiger partial charge in [0.2, 0.25) is 5.89 Å². The Kier molecular flexibility index (Phi) is 3.50. The Morgan fingerprint density at radius 1 is 1.37 bits per heavy atom. The Bertz CT molecular complexity index is 467. The van der Waals surface area contributed by atoms with Crippen molar-refractivity contribution in [3.63, 3.8) is 0 Å². The highest BCUT2D eigenvalue weighted by Gasteiger charge is 2.29. The zero-order chi connectivity index (χ0) is 13.2. The molecule has 1 saturated carbocycles. The van der Waals surface area contributed by atoms with Crippen molar-refractivity contribution in [2.24, 2.45) is 5.16 Å². The van der Waals surface area contributed by atoms with Crippen molar-refractivity contribution >= 4 is 5.71 Å². The summed E-state index contributed by atoms with van der Waals surface area (Å²) in [6.45, 7) is 3.60. The molecule has 2 heterocycles. The third-order valence-corrected chi connectivity index (χ3v) is 3.55. The highest BCUT2D eigenvalue weighted by atomic mass is 16.6. The van der Waals surface area contributed by atoms with Crippen molar-refractivity contribution < 1.29 is 9.36 Å². The summed E-state index contributed by atoms with van der Waals surface area (Å²) >= 11 is 0. The van der Waals surface area contributed by atoms with Crippen LogP contribution in [0.15, 0.2) is 9.68 Å². The monoisotopic (exact) mass is 264 g/mol. The molecular weight excluding hydrogens is 244 g/mol. The lowest BCUT2D eigenvalue weighted by Gasteiger charge is -2.17. The lowest BCUT2D eigenvalue weighted by molar-refractivity contribution is 0.0553. The van der Waals surface area contributed by atoms with Gasteiger partial charge in [0.1, 0.15) is 6.10 Å². The van der Waals surface area contributed by atoms with Crippen molar-refractivity contribution in [1.29, 1.82) is 0 Å². The van der Waals surface area contributed by atoms with Gasteiger partial charge in [0.15, 0.2) is 5.82 Å². The Labute approximate surface area is 112 Å². The summed E-state index contributed by atoms with van der Waals surface area (Å²) in [6.07, 6.45) is 4.45. The summed E-state index contributed by atoms with van der Waals surface area (Å²) in [6, 6.07) is 0. The van der Waals surface area contributed by atoms with Gasteiger partial charge in [-0.25, -0.2) is 0 Å². The van der Waals surface area contributed by atoms with Gasteiger partial charge in [0, 0.05) is 18.9 Å². The molecule has 0 bridgehead atoms. The smallest absolute Gasteiger partial charge is 0.240 e. The molecule has 1 aliphatic carbocycles. The van der Waals surface area contributed by atoms with Gasteiger partial charge in [0.05, 0.1) is 12.3 Å². The molecule has 1 aliphatic heterocycles. The zero-order valence-corrected chi connectivity index (χ0v) is 11.5. The number of aromatic nitrogens is 2. The third kappa shape index (κ3) is 3.12. The molecule has 1 aromatic heterocycles. The number of oxime groups is 1. The molecule has 6 heteroatoms. The fourth-order valence-electron chi connectivity index (χ4n) is 2.28. The van der Waals surface area contributed by atoms with Gasteiger partial charge in [-0.05, 0) is 26.3 Å². The normalized spacial score (nSPS) is 22.7. The summed E-state index contributed by atoms with van der Waals surface area (Å²) in [7, 11) is 2.04. The van der Waals surface area contributed by atoms with Crippen LogP contribution in [0.4, 0.5) is 0 Å². The topological polar surface area (TPSA) is 63.8 Å². The van der Waals surface area contributed by atoms with E-state index >= 15 is 0 Å². The molecule has 0 radical (unpaired) electrons. The molecule has 1 atom stereocenters. The molecule has 1 fully saturated rings. The third-order valence-electron chi connectivity index (χ3n) is 3.55. The predicted octanol–water partition coefficient (Wildman–Crippen LogP) is 1.93. The van der Waals surface area contributed by atoms with Gasteiger partial charge >= 0.3 is 0 Å². The van der Waals surface area contributed by atoms with Crippen LogP contribution in [0.3, 0.4) is 0 Å². The van der Waals surface area contributed by atoms with Crippen LogP contribution in [0.5, 0.6) is 0 Å². The maximum atomic E-state index is 5.40. The Hall–Kier alpha value is -1.43. The Morgan fingerprint density at radius 2 is 2.21 bits per heavy atom. The van der Waals surface area contributed by atoms with E-state index in [9.17, 15) is 0 Å². The van der Waals surface area contributed by atoms with E-state index in [0.717, 1.165) is 30.9 Å². The van der Waals surface area contributed by atoms with Crippen LogP contribution in [-0.2, 0) is 11.4 Å². The van der Waals surface area contributed by atoms with E-state index in [-0.39, 0.29) is 6.10 Å². The number of likely N-dealkylation sites (N-methyl/N-ethyl adjacent to an activating group) is 1. The second-order valence-electron chi connectivity index (χ2n) is 5.46. The molecule has 6 nitrogen and oxygen atoms in total. The van der Waals surface area contributed by atoms with Crippen LogP contribution in [0.25, 0.3) is 0 Å².